The van der Waals surface area contributed by atoms with Crippen molar-refractivity contribution >= 4 is 34.3 Å². The Hall–Kier alpha value is -4.81. The Bertz CT molecular complexity index is 2320. The molecule has 1 fully saturated rings. The van der Waals surface area contributed by atoms with Crippen molar-refractivity contribution in [3.05, 3.63) is 126 Å². The van der Waals surface area contributed by atoms with Crippen LogP contribution in [0.3, 0.4) is 0 Å². The first-order chi connectivity index (χ1) is 35.0. The lowest BCUT2D eigenvalue weighted by Gasteiger charge is -2.59. The summed E-state index contributed by atoms with van der Waals surface area (Å²) in [5.74, 6) is 0.406. The third-order valence-corrected chi connectivity index (χ3v) is 15.7. The SMILES string of the molecule is C=CCOC12Oc3ccc(OCCSc4ccccc4)cc3C3C(CCCCO)C(CCCCO)C=C(C(=NOC)CC1N(Cc1cccc4ccccc14)C(=O)OCCCCCCCCCCCC)C32. The lowest BCUT2D eigenvalue weighted by molar-refractivity contribution is -0.256. The summed E-state index contributed by atoms with van der Waals surface area (Å²) >= 11 is 1.76. The van der Waals surface area contributed by atoms with Crippen LogP contribution in [0.15, 0.2) is 125 Å². The molecule has 0 spiro atoms. The van der Waals surface area contributed by atoms with Gasteiger partial charge in [0.05, 0.1) is 38.0 Å². The lowest BCUT2D eigenvalue weighted by Crippen LogP contribution is -2.70. The summed E-state index contributed by atoms with van der Waals surface area (Å²) in [5, 5.41) is 27.0. The number of oxime groups is 1. The van der Waals surface area contributed by atoms with Gasteiger partial charge in [-0.25, -0.2) is 4.79 Å². The van der Waals surface area contributed by atoms with E-state index < -0.39 is 23.8 Å². The van der Waals surface area contributed by atoms with Gasteiger partial charge in [-0.05, 0) is 96.2 Å². The van der Waals surface area contributed by atoms with Gasteiger partial charge < -0.3 is 34.0 Å². The van der Waals surface area contributed by atoms with Gasteiger partial charge in [0, 0.05) is 41.8 Å². The van der Waals surface area contributed by atoms with E-state index in [-0.39, 0.29) is 50.5 Å². The highest BCUT2D eigenvalue weighted by molar-refractivity contribution is 7.99. The Morgan fingerprint density at radius 1 is 0.845 bits per heavy atom. The summed E-state index contributed by atoms with van der Waals surface area (Å²) in [6.07, 6.45) is 20.6. The van der Waals surface area contributed by atoms with Crippen molar-refractivity contribution in [2.45, 2.75) is 145 Å². The van der Waals surface area contributed by atoms with E-state index in [0.29, 0.717) is 31.8 Å². The van der Waals surface area contributed by atoms with Crippen molar-refractivity contribution < 1.29 is 38.8 Å². The molecule has 6 unspecified atom stereocenters. The number of rotatable bonds is 31. The van der Waals surface area contributed by atoms with Crippen LogP contribution in [-0.2, 0) is 20.9 Å². The molecule has 1 amide bonds. The van der Waals surface area contributed by atoms with E-state index in [0.717, 1.165) is 89.6 Å². The van der Waals surface area contributed by atoms with Gasteiger partial charge >= 0.3 is 6.09 Å². The fourth-order valence-electron chi connectivity index (χ4n) is 11.4. The summed E-state index contributed by atoms with van der Waals surface area (Å²) < 4.78 is 27.7. The van der Waals surface area contributed by atoms with Gasteiger partial charge in [-0.3, -0.25) is 4.90 Å². The zero-order valence-corrected chi connectivity index (χ0v) is 43.3. The first kappa shape index (κ1) is 54.0. The molecule has 7 rings (SSSR count). The average molecular weight is 989 g/mol. The highest BCUT2D eigenvalue weighted by Crippen LogP contribution is 2.62. The second kappa shape index (κ2) is 28.4. The van der Waals surface area contributed by atoms with Crippen molar-refractivity contribution in [3.8, 4) is 11.5 Å². The minimum atomic E-state index is -1.41. The minimum absolute atomic E-state index is 0.0876. The molecule has 3 aliphatic rings. The molecule has 1 saturated carbocycles. The molecule has 0 saturated heterocycles. The Kier molecular flexibility index (Phi) is 21.6. The fraction of sp³-hybridized carbons (Fsp3) is 0.533. The predicted molar refractivity (Wildman–Crippen MR) is 287 cm³/mol. The molecule has 4 aromatic rings. The molecule has 0 bridgehead atoms. The molecular weight excluding hydrogens is 909 g/mol. The van der Waals surface area contributed by atoms with Crippen molar-refractivity contribution in [3.63, 3.8) is 0 Å². The highest BCUT2D eigenvalue weighted by atomic mass is 32.2. The van der Waals surface area contributed by atoms with Crippen LogP contribution in [0.4, 0.5) is 4.79 Å². The van der Waals surface area contributed by atoms with Crippen molar-refractivity contribution in [2.75, 3.05) is 45.9 Å². The first-order valence-electron chi connectivity index (χ1n) is 26.8. The van der Waals surface area contributed by atoms with Crippen LogP contribution < -0.4 is 9.47 Å². The van der Waals surface area contributed by atoms with Gasteiger partial charge in [0.1, 0.15) is 24.7 Å². The Morgan fingerprint density at radius 3 is 2.31 bits per heavy atom. The molecule has 2 N–H and O–H groups in total. The maximum Gasteiger partial charge on any atom is 0.410 e. The maximum absolute atomic E-state index is 15.2. The van der Waals surface area contributed by atoms with E-state index in [1.165, 1.54) is 49.8 Å². The second-order valence-electron chi connectivity index (χ2n) is 19.5. The molecular formula is C60H80N2O8S. The molecule has 10 nitrogen and oxygen atoms in total. The number of ether oxygens (including phenoxy) is 4. The largest absolute Gasteiger partial charge is 0.493 e. The third kappa shape index (κ3) is 14.0. The van der Waals surface area contributed by atoms with E-state index in [1.807, 2.05) is 41.3 Å². The molecule has 0 aromatic heterocycles. The third-order valence-electron chi connectivity index (χ3n) is 14.8. The van der Waals surface area contributed by atoms with Crippen molar-refractivity contribution in [1.82, 2.24) is 4.90 Å². The molecule has 71 heavy (non-hydrogen) atoms. The number of unbranched alkanes of at least 4 members (excludes halogenated alkanes) is 11. The lowest BCUT2D eigenvalue weighted by atomic mass is 9.55. The number of amides is 1. The summed E-state index contributed by atoms with van der Waals surface area (Å²) in [4.78, 5) is 24.0. The number of aliphatic hydroxyl groups excluding tert-OH is 2. The van der Waals surface area contributed by atoms with Crippen molar-refractivity contribution in [2.24, 2.45) is 22.9 Å². The molecule has 1 heterocycles. The van der Waals surface area contributed by atoms with Gasteiger partial charge in [0.15, 0.2) is 0 Å². The number of hydrogen-bond donors (Lipinski definition) is 2. The number of carbonyl (C=O) groups is 1. The number of benzene rings is 4. The van der Waals surface area contributed by atoms with Gasteiger partial charge in [0.2, 0.25) is 5.79 Å². The van der Waals surface area contributed by atoms with Crippen LogP contribution in [-0.4, -0.2) is 84.6 Å². The van der Waals surface area contributed by atoms with E-state index in [4.69, 9.17) is 28.9 Å². The summed E-state index contributed by atoms with van der Waals surface area (Å²) in [7, 11) is 1.58. The topological polar surface area (TPSA) is 119 Å². The smallest absolute Gasteiger partial charge is 0.410 e. The van der Waals surface area contributed by atoms with E-state index in [1.54, 1.807) is 24.9 Å². The summed E-state index contributed by atoms with van der Waals surface area (Å²) in [6, 6.07) is 30.3. The number of thioether (sulfide) groups is 1. The first-order valence-corrected chi connectivity index (χ1v) is 27.8. The molecule has 11 heteroatoms. The van der Waals surface area contributed by atoms with Gasteiger partial charge in [-0.15, -0.1) is 18.3 Å². The fourth-order valence-corrected chi connectivity index (χ4v) is 12.2. The molecule has 2 aliphatic carbocycles. The predicted octanol–water partition coefficient (Wildman–Crippen LogP) is 13.8. The number of carbonyl (C=O) groups excluding carboxylic acids is 1. The monoisotopic (exact) mass is 989 g/mol. The Labute approximate surface area is 428 Å². The van der Waals surface area contributed by atoms with Crippen LogP contribution in [0.5, 0.6) is 11.5 Å². The van der Waals surface area contributed by atoms with E-state index in [9.17, 15) is 10.2 Å². The van der Waals surface area contributed by atoms with Crippen molar-refractivity contribution in [1.29, 1.82) is 0 Å². The van der Waals surface area contributed by atoms with Crippen LogP contribution in [0, 0.1) is 17.8 Å². The molecule has 6 atom stereocenters. The van der Waals surface area contributed by atoms with E-state index >= 15 is 4.79 Å². The number of nitrogens with zero attached hydrogens (tertiary/aromatic N) is 2. The maximum atomic E-state index is 15.2. The van der Waals surface area contributed by atoms with Gasteiger partial charge in [-0.1, -0.05) is 156 Å². The van der Waals surface area contributed by atoms with Gasteiger partial charge in [0.25, 0.3) is 0 Å². The number of hydrogen-bond acceptors (Lipinski definition) is 10. The number of allylic oxidation sites excluding steroid dienone is 1. The normalized spacial score (nSPS) is 21.7. The second-order valence-corrected chi connectivity index (χ2v) is 20.7. The molecule has 4 aromatic carbocycles. The summed E-state index contributed by atoms with van der Waals surface area (Å²) in [6.45, 7) is 7.85. The standard InChI is InChI=1S/C60H80N2O8S/c1-4-6-7-8-9-10-11-12-13-23-38-68-59(65)62(44-47-28-24-27-45-25-17-18-31-50(45)47)56-43-54(61-66-3)52-41-46(26-19-21-35-63)51(32-20-22-36-64)57-53-42-48(67-39-40-71-49-29-15-14-16-30-49)33-34-55(53)70-60(56,58(52)57)69-37-5-2/h5,14-18,24-25,27-31,33-34,41-42,46,51,56-58,63-64H,2,4,6-13,19-23,26,32,35-40,43-44H2,1,3H3. The van der Waals surface area contributed by atoms with E-state index in [2.05, 4.69) is 74.2 Å². The zero-order valence-electron chi connectivity index (χ0n) is 42.5. The number of fused-ring (bicyclic) bond motifs is 3. The van der Waals surface area contributed by atoms with Crippen LogP contribution in [0.2, 0.25) is 0 Å². The Balaban J connectivity index is 1.29. The molecule has 384 valence electrons. The van der Waals surface area contributed by atoms with Crippen LogP contribution in [0.25, 0.3) is 10.8 Å². The van der Waals surface area contributed by atoms with Gasteiger partial charge in [-0.2, -0.15) is 0 Å². The number of aliphatic hydroxyl groups is 2. The quantitative estimate of drug-likeness (QED) is 0.0220. The minimum Gasteiger partial charge on any atom is -0.493 e. The average Bonchev–Trinajstić information content (AvgIpc) is 3.39. The van der Waals surface area contributed by atoms with Crippen LogP contribution in [0.1, 0.15) is 133 Å². The highest BCUT2D eigenvalue weighted by Gasteiger charge is 2.65. The molecule has 0 radical (unpaired) electrons. The molecule has 1 aliphatic heterocycles. The Morgan fingerprint density at radius 2 is 1.56 bits per heavy atom. The zero-order chi connectivity index (χ0) is 49.7. The summed E-state index contributed by atoms with van der Waals surface area (Å²) in [5.41, 5.74) is 3.74. The van der Waals surface area contributed by atoms with Crippen LogP contribution >= 0.6 is 11.8 Å².